The van der Waals surface area contributed by atoms with Gasteiger partial charge in [-0.05, 0) is 37.0 Å². The molecular formula is C15H23ClFNO. The highest BCUT2D eigenvalue weighted by Gasteiger charge is 2.26. The Morgan fingerprint density at radius 2 is 2.00 bits per heavy atom. The van der Waals surface area contributed by atoms with Crippen molar-refractivity contribution in [3.63, 3.8) is 0 Å². The van der Waals surface area contributed by atoms with Crippen LogP contribution in [0.3, 0.4) is 0 Å². The van der Waals surface area contributed by atoms with Crippen LogP contribution in [0.5, 0.6) is 0 Å². The van der Waals surface area contributed by atoms with Gasteiger partial charge in [-0.25, -0.2) is 4.39 Å². The molecule has 19 heavy (non-hydrogen) atoms. The van der Waals surface area contributed by atoms with E-state index in [2.05, 4.69) is 12.2 Å². The van der Waals surface area contributed by atoms with Crippen LogP contribution in [0.15, 0.2) is 24.3 Å². The second-order valence-corrected chi connectivity index (χ2v) is 5.19. The van der Waals surface area contributed by atoms with Gasteiger partial charge in [0, 0.05) is 12.1 Å². The molecule has 1 aliphatic heterocycles. The van der Waals surface area contributed by atoms with Crippen molar-refractivity contribution in [1.29, 1.82) is 0 Å². The Hall–Kier alpha value is -0.640. The number of aliphatic hydroxyl groups is 1. The van der Waals surface area contributed by atoms with Crippen molar-refractivity contribution in [2.45, 2.75) is 57.2 Å². The number of benzene rings is 1. The van der Waals surface area contributed by atoms with Gasteiger partial charge in [0.1, 0.15) is 5.82 Å². The summed E-state index contributed by atoms with van der Waals surface area (Å²) in [6.45, 7) is 2.18. The summed E-state index contributed by atoms with van der Waals surface area (Å²) in [5.41, 5.74) is 0.797. The lowest BCUT2D eigenvalue weighted by Crippen LogP contribution is -2.45. The van der Waals surface area contributed by atoms with Crippen molar-refractivity contribution in [3.8, 4) is 0 Å². The number of aliphatic hydroxyl groups excluding tert-OH is 1. The zero-order valence-corrected chi connectivity index (χ0v) is 12.1. The van der Waals surface area contributed by atoms with E-state index < -0.39 is 6.10 Å². The third-order valence-electron chi connectivity index (χ3n) is 3.75. The SMILES string of the molecule is CCC[C@H]1CCC[C@H](C(O)c2ccc(F)cc2)N1.Cl. The Morgan fingerprint density at radius 3 is 2.63 bits per heavy atom. The fraction of sp³-hybridized carbons (Fsp3) is 0.600. The molecule has 4 heteroatoms. The zero-order valence-electron chi connectivity index (χ0n) is 11.3. The minimum absolute atomic E-state index is 0. The molecule has 2 N–H and O–H groups in total. The summed E-state index contributed by atoms with van der Waals surface area (Å²) in [6, 6.07) is 6.77. The van der Waals surface area contributed by atoms with Crippen molar-refractivity contribution in [3.05, 3.63) is 35.6 Å². The Kier molecular flexibility index (Phi) is 6.76. The molecule has 1 aliphatic rings. The van der Waals surface area contributed by atoms with Crippen molar-refractivity contribution in [1.82, 2.24) is 5.32 Å². The largest absolute Gasteiger partial charge is 0.387 e. The normalized spacial score (nSPS) is 24.6. The molecule has 0 aliphatic carbocycles. The quantitative estimate of drug-likeness (QED) is 0.887. The molecule has 0 radical (unpaired) electrons. The van der Waals surface area contributed by atoms with Gasteiger partial charge in [-0.3, -0.25) is 0 Å². The number of piperidine rings is 1. The Bertz CT molecular complexity index is 369. The molecule has 3 atom stereocenters. The smallest absolute Gasteiger partial charge is 0.123 e. The summed E-state index contributed by atoms with van der Waals surface area (Å²) in [4.78, 5) is 0. The van der Waals surface area contributed by atoms with E-state index in [1.54, 1.807) is 12.1 Å². The van der Waals surface area contributed by atoms with E-state index >= 15 is 0 Å². The van der Waals surface area contributed by atoms with Gasteiger partial charge in [0.15, 0.2) is 0 Å². The number of hydrogen-bond donors (Lipinski definition) is 2. The maximum atomic E-state index is 12.9. The average molecular weight is 288 g/mol. The Morgan fingerprint density at radius 1 is 1.32 bits per heavy atom. The summed E-state index contributed by atoms with van der Waals surface area (Å²) >= 11 is 0. The zero-order chi connectivity index (χ0) is 13.0. The molecule has 0 saturated carbocycles. The van der Waals surface area contributed by atoms with Gasteiger partial charge in [0.2, 0.25) is 0 Å². The van der Waals surface area contributed by atoms with Crippen molar-refractivity contribution in [2.75, 3.05) is 0 Å². The van der Waals surface area contributed by atoms with Crippen LogP contribution in [0.2, 0.25) is 0 Å². The summed E-state index contributed by atoms with van der Waals surface area (Å²) in [7, 11) is 0. The highest BCUT2D eigenvalue weighted by molar-refractivity contribution is 5.85. The number of nitrogens with one attached hydrogen (secondary N) is 1. The molecule has 0 amide bonds. The molecule has 2 nitrogen and oxygen atoms in total. The van der Waals surface area contributed by atoms with Crippen LogP contribution in [0, 0.1) is 5.82 Å². The summed E-state index contributed by atoms with van der Waals surface area (Å²) in [5.74, 6) is -0.258. The van der Waals surface area contributed by atoms with Gasteiger partial charge in [-0.1, -0.05) is 31.9 Å². The molecule has 1 unspecified atom stereocenters. The van der Waals surface area contributed by atoms with E-state index in [0.717, 1.165) is 31.2 Å². The highest BCUT2D eigenvalue weighted by atomic mass is 35.5. The van der Waals surface area contributed by atoms with Crippen LogP contribution in [-0.2, 0) is 0 Å². The first-order chi connectivity index (χ1) is 8.70. The Labute approximate surface area is 120 Å². The molecule has 2 rings (SSSR count). The van der Waals surface area contributed by atoms with Gasteiger partial charge in [0.05, 0.1) is 6.10 Å². The van der Waals surface area contributed by atoms with E-state index in [1.807, 2.05) is 0 Å². The third kappa shape index (κ3) is 4.44. The lowest BCUT2D eigenvalue weighted by molar-refractivity contribution is 0.0997. The van der Waals surface area contributed by atoms with Gasteiger partial charge >= 0.3 is 0 Å². The predicted molar refractivity (Wildman–Crippen MR) is 78.1 cm³/mol. The molecule has 0 aromatic heterocycles. The van der Waals surface area contributed by atoms with Gasteiger partial charge in [-0.15, -0.1) is 12.4 Å². The lowest BCUT2D eigenvalue weighted by atomic mass is 9.90. The standard InChI is InChI=1S/C15H22FNO.ClH/c1-2-4-13-5-3-6-14(17-13)15(18)11-7-9-12(16)10-8-11;/h7-10,13-15,17-18H,2-6H2,1H3;1H/t13-,14+,15?;/m0./s1. The van der Waals surface area contributed by atoms with Crippen LogP contribution in [0.25, 0.3) is 0 Å². The molecule has 0 spiro atoms. The first-order valence-electron chi connectivity index (χ1n) is 6.90. The van der Waals surface area contributed by atoms with Crippen LogP contribution in [0.1, 0.15) is 50.7 Å². The van der Waals surface area contributed by atoms with Crippen LogP contribution in [0.4, 0.5) is 4.39 Å². The minimum atomic E-state index is -0.537. The highest BCUT2D eigenvalue weighted by Crippen LogP contribution is 2.26. The van der Waals surface area contributed by atoms with Crippen molar-refractivity contribution >= 4 is 12.4 Å². The molecule has 1 heterocycles. The second kappa shape index (κ2) is 7.83. The van der Waals surface area contributed by atoms with E-state index in [1.165, 1.54) is 18.6 Å². The topological polar surface area (TPSA) is 32.3 Å². The summed E-state index contributed by atoms with van der Waals surface area (Å²) in [5, 5.41) is 13.9. The summed E-state index contributed by atoms with van der Waals surface area (Å²) in [6.07, 6.45) is 5.12. The maximum Gasteiger partial charge on any atom is 0.123 e. The first-order valence-corrected chi connectivity index (χ1v) is 6.90. The number of rotatable bonds is 4. The lowest BCUT2D eigenvalue weighted by Gasteiger charge is -2.34. The van der Waals surface area contributed by atoms with Crippen LogP contribution >= 0.6 is 12.4 Å². The van der Waals surface area contributed by atoms with Gasteiger partial charge < -0.3 is 10.4 Å². The number of hydrogen-bond acceptors (Lipinski definition) is 2. The molecule has 1 saturated heterocycles. The second-order valence-electron chi connectivity index (χ2n) is 5.19. The molecule has 1 aromatic carbocycles. The fourth-order valence-electron chi connectivity index (χ4n) is 2.77. The van der Waals surface area contributed by atoms with Crippen LogP contribution < -0.4 is 5.32 Å². The Balaban J connectivity index is 0.00000180. The van der Waals surface area contributed by atoms with E-state index in [-0.39, 0.29) is 24.3 Å². The average Bonchev–Trinajstić information content (AvgIpc) is 2.39. The number of halogens is 2. The molecule has 1 fully saturated rings. The molecular weight excluding hydrogens is 265 g/mol. The van der Waals surface area contributed by atoms with E-state index in [4.69, 9.17) is 0 Å². The monoisotopic (exact) mass is 287 g/mol. The maximum absolute atomic E-state index is 12.9. The predicted octanol–water partition coefficient (Wildman–Crippen LogP) is 3.59. The van der Waals surface area contributed by atoms with Gasteiger partial charge in [0.25, 0.3) is 0 Å². The van der Waals surface area contributed by atoms with E-state index in [0.29, 0.717) is 6.04 Å². The van der Waals surface area contributed by atoms with E-state index in [9.17, 15) is 9.50 Å². The van der Waals surface area contributed by atoms with Crippen LogP contribution in [-0.4, -0.2) is 17.2 Å². The van der Waals surface area contributed by atoms with Crippen molar-refractivity contribution < 1.29 is 9.50 Å². The van der Waals surface area contributed by atoms with Crippen molar-refractivity contribution in [2.24, 2.45) is 0 Å². The first kappa shape index (κ1) is 16.4. The molecule has 1 aromatic rings. The fourth-order valence-corrected chi connectivity index (χ4v) is 2.77. The van der Waals surface area contributed by atoms with Gasteiger partial charge in [-0.2, -0.15) is 0 Å². The summed E-state index contributed by atoms with van der Waals surface area (Å²) < 4.78 is 12.9. The third-order valence-corrected chi connectivity index (χ3v) is 3.75. The molecule has 108 valence electrons. The minimum Gasteiger partial charge on any atom is -0.387 e. The molecule has 0 bridgehead atoms.